The molecule has 1 aromatic carbocycles. The second kappa shape index (κ2) is 6.04. The maximum absolute atomic E-state index is 5.72. The van der Waals surface area contributed by atoms with Gasteiger partial charge in [-0.05, 0) is 6.92 Å². The van der Waals surface area contributed by atoms with Gasteiger partial charge in [-0.25, -0.2) is 0 Å². The summed E-state index contributed by atoms with van der Waals surface area (Å²) in [7, 11) is 0. The molecule has 0 radical (unpaired) electrons. The normalized spacial score (nSPS) is 18.1. The number of benzene rings is 1. The molecule has 124 valence electrons. The van der Waals surface area contributed by atoms with Crippen molar-refractivity contribution in [2.45, 2.75) is 20.0 Å². The maximum atomic E-state index is 5.72. The highest BCUT2D eigenvalue weighted by Crippen LogP contribution is 2.25. The Morgan fingerprint density at radius 3 is 2.62 bits per heavy atom. The molecule has 0 N–H and O–H groups in total. The van der Waals surface area contributed by atoms with Crippen LogP contribution in [0.5, 0.6) is 0 Å². The number of rotatable bonds is 3. The molecular formula is C16H17N5O3. The van der Waals surface area contributed by atoms with E-state index in [-0.39, 0.29) is 6.10 Å². The number of hydrogen-bond donors (Lipinski definition) is 0. The Balaban J connectivity index is 1.52. The van der Waals surface area contributed by atoms with Crippen LogP contribution in [0.15, 0.2) is 33.3 Å². The summed E-state index contributed by atoms with van der Waals surface area (Å²) in [5, 5.41) is 8.00. The molecule has 1 aliphatic heterocycles. The molecule has 24 heavy (non-hydrogen) atoms. The fourth-order valence-corrected chi connectivity index (χ4v) is 2.59. The largest absolute Gasteiger partial charge is 0.366 e. The summed E-state index contributed by atoms with van der Waals surface area (Å²) in [4.78, 5) is 10.7. The van der Waals surface area contributed by atoms with Gasteiger partial charge in [-0.15, -0.1) is 0 Å². The van der Waals surface area contributed by atoms with Crippen LogP contribution in [-0.2, 0) is 4.74 Å². The highest BCUT2D eigenvalue weighted by Gasteiger charge is 2.28. The third-order valence-corrected chi connectivity index (χ3v) is 3.89. The minimum absolute atomic E-state index is 0.272. The first-order valence-corrected chi connectivity index (χ1v) is 7.76. The Morgan fingerprint density at radius 2 is 1.88 bits per heavy atom. The molecule has 8 nitrogen and oxygen atoms in total. The fourth-order valence-electron chi connectivity index (χ4n) is 2.59. The van der Waals surface area contributed by atoms with E-state index in [1.807, 2.05) is 36.1 Å². The van der Waals surface area contributed by atoms with Gasteiger partial charge in [-0.1, -0.05) is 40.1 Å². The topological polar surface area (TPSA) is 90.3 Å². The van der Waals surface area contributed by atoms with E-state index in [9.17, 15) is 0 Å². The number of hydrogen-bond acceptors (Lipinski definition) is 8. The van der Waals surface area contributed by atoms with Crippen molar-refractivity contribution in [3.05, 3.63) is 41.5 Å². The molecule has 3 heterocycles. The van der Waals surface area contributed by atoms with E-state index in [4.69, 9.17) is 13.8 Å². The van der Waals surface area contributed by atoms with Gasteiger partial charge in [0.2, 0.25) is 17.5 Å². The molecule has 0 saturated carbocycles. The fraction of sp³-hybridized carbons (Fsp3) is 0.375. The van der Waals surface area contributed by atoms with E-state index in [1.54, 1.807) is 6.92 Å². The predicted octanol–water partition coefficient (Wildman–Crippen LogP) is 2.31. The molecule has 0 bridgehead atoms. The van der Waals surface area contributed by atoms with Gasteiger partial charge in [0.05, 0.1) is 13.2 Å². The van der Waals surface area contributed by atoms with Crippen molar-refractivity contribution in [2.24, 2.45) is 0 Å². The zero-order valence-corrected chi connectivity index (χ0v) is 13.5. The number of morpholine rings is 1. The number of aryl methyl sites for hydroxylation is 2. The van der Waals surface area contributed by atoms with Crippen LogP contribution in [0, 0.1) is 13.8 Å². The van der Waals surface area contributed by atoms with Crippen molar-refractivity contribution in [3.8, 4) is 11.4 Å². The first-order chi connectivity index (χ1) is 11.7. The van der Waals surface area contributed by atoms with Crippen LogP contribution in [-0.4, -0.2) is 40.0 Å². The molecule has 0 unspecified atom stereocenters. The van der Waals surface area contributed by atoms with Crippen LogP contribution in [0.25, 0.3) is 11.4 Å². The molecule has 0 spiro atoms. The second-order valence-corrected chi connectivity index (χ2v) is 5.74. The van der Waals surface area contributed by atoms with Crippen molar-refractivity contribution in [1.29, 1.82) is 0 Å². The van der Waals surface area contributed by atoms with Gasteiger partial charge in [0, 0.05) is 19.0 Å². The third kappa shape index (κ3) is 2.88. The monoisotopic (exact) mass is 327 g/mol. The number of ether oxygens (including phenoxy) is 1. The predicted molar refractivity (Wildman–Crippen MR) is 84.4 cm³/mol. The van der Waals surface area contributed by atoms with Crippen molar-refractivity contribution >= 4 is 6.01 Å². The standard InChI is InChI=1S/C16H17N5O3/c1-10-3-5-12(6-4-10)14-18-16(24-19-14)21-7-8-22-13(9-21)15-17-11(2)23-20-15/h3-6,13H,7-9H2,1-2H3/t13-/m1/s1. The van der Waals surface area contributed by atoms with E-state index in [1.165, 1.54) is 5.56 Å². The lowest BCUT2D eigenvalue weighted by Crippen LogP contribution is -2.39. The zero-order chi connectivity index (χ0) is 16.5. The molecule has 2 aromatic heterocycles. The Bertz CT molecular complexity index is 826. The minimum atomic E-state index is -0.272. The Kier molecular flexibility index (Phi) is 3.73. The lowest BCUT2D eigenvalue weighted by molar-refractivity contribution is 0.0306. The van der Waals surface area contributed by atoms with E-state index < -0.39 is 0 Å². The number of aromatic nitrogens is 4. The van der Waals surface area contributed by atoms with Gasteiger partial charge in [-0.2, -0.15) is 9.97 Å². The SMILES string of the molecule is Cc1ccc(-c2noc(N3CCO[C@@H](c4noc(C)n4)C3)n2)cc1. The summed E-state index contributed by atoms with van der Waals surface area (Å²) in [6.07, 6.45) is -0.272. The van der Waals surface area contributed by atoms with Gasteiger partial charge in [0.15, 0.2) is 0 Å². The number of anilines is 1. The lowest BCUT2D eigenvalue weighted by Gasteiger charge is -2.29. The maximum Gasteiger partial charge on any atom is 0.324 e. The van der Waals surface area contributed by atoms with Crippen LogP contribution in [0.1, 0.15) is 23.4 Å². The summed E-state index contributed by atoms with van der Waals surface area (Å²) >= 11 is 0. The van der Waals surface area contributed by atoms with E-state index >= 15 is 0 Å². The van der Waals surface area contributed by atoms with Crippen LogP contribution >= 0.6 is 0 Å². The van der Waals surface area contributed by atoms with Crippen molar-refractivity contribution in [2.75, 3.05) is 24.6 Å². The molecule has 8 heteroatoms. The molecule has 1 fully saturated rings. The highest BCUT2D eigenvalue weighted by atomic mass is 16.5. The molecule has 1 aliphatic rings. The molecule has 0 amide bonds. The zero-order valence-electron chi connectivity index (χ0n) is 13.5. The Hall–Kier alpha value is -2.74. The van der Waals surface area contributed by atoms with Crippen LogP contribution in [0.3, 0.4) is 0 Å². The highest BCUT2D eigenvalue weighted by molar-refractivity contribution is 5.56. The van der Waals surface area contributed by atoms with E-state index in [0.29, 0.717) is 43.3 Å². The lowest BCUT2D eigenvalue weighted by atomic mass is 10.1. The molecule has 4 rings (SSSR count). The van der Waals surface area contributed by atoms with Crippen LogP contribution < -0.4 is 4.90 Å². The first kappa shape index (κ1) is 14.8. The Morgan fingerprint density at radius 1 is 1.04 bits per heavy atom. The summed E-state index contributed by atoms with van der Waals surface area (Å²) in [6.45, 7) is 5.53. The van der Waals surface area contributed by atoms with Crippen LogP contribution in [0.4, 0.5) is 6.01 Å². The number of nitrogens with zero attached hydrogens (tertiary/aromatic N) is 5. The van der Waals surface area contributed by atoms with Crippen molar-refractivity contribution in [1.82, 2.24) is 20.3 Å². The molecular weight excluding hydrogens is 310 g/mol. The van der Waals surface area contributed by atoms with Gasteiger partial charge in [-0.3, -0.25) is 0 Å². The Labute approximate surface area is 138 Å². The minimum Gasteiger partial charge on any atom is -0.366 e. The van der Waals surface area contributed by atoms with Gasteiger partial charge < -0.3 is 18.7 Å². The molecule has 1 atom stereocenters. The summed E-state index contributed by atoms with van der Waals surface area (Å²) in [6, 6.07) is 8.48. The van der Waals surface area contributed by atoms with Gasteiger partial charge in [0.25, 0.3) is 0 Å². The summed E-state index contributed by atoms with van der Waals surface area (Å²) in [5.41, 5.74) is 2.11. The average Bonchev–Trinajstić information content (AvgIpc) is 3.25. The summed E-state index contributed by atoms with van der Waals surface area (Å²) < 4.78 is 16.2. The average molecular weight is 327 g/mol. The van der Waals surface area contributed by atoms with E-state index in [0.717, 1.165) is 5.56 Å². The molecule has 1 saturated heterocycles. The van der Waals surface area contributed by atoms with Crippen molar-refractivity contribution in [3.63, 3.8) is 0 Å². The third-order valence-electron chi connectivity index (χ3n) is 3.89. The van der Waals surface area contributed by atoms with Gasteiger partial charge in [0.1, 0.15) is 6.10 Å². The summed E-state index contributed by atoms with van der Waals surface area (Å²) in [5.74, 6) is 1.63. The molecule has 3 aromatic rings. The second-order valence-electron chi connectivity index (χ2n) is 5.74. The van der Waals surface area contributed by atoms with Crippen LogP contribution in [0.2, 0.25) is 0 Å². The first-order valence-electron chi connectivity index (χ1n) is 7.76. The molecule has 0 aliphatic carbocycles. The van der Waals surface area contributed by atoms with Gasteiger partial charge >= 0.3 is 6.01 Å². The van der Waals surface area contributed by atoms with E-state index in [2.05, 4.69) is 20.3 Å². The quantitative estimate of drug-likeness (QED) is 0.724. The van der Waals surface area contributed by atoms with Crippen molar-refractivity contribution < 1.29 is 13.8 Å². The smallest absolute Gasteiger partial charge is 0.324 e.